The van der Waals surface area contributed by atoms with Crippen molar-refractivity contribution in [2.75, 3.05) is 6.61 Å². The second-order valence-electron chi connectivity index (χ2n) is 5.92. The van der Waals surface area contributed by atoms with Gasteiger partial charge in [-0.2, -0.15) is 4.68 Å². The average Bonchev–Trinajstić information content (AvgIpc) is 3.30. The molecule has 2 aliphatic heterocycles. The molecule has 140 valence electrons. The fourth-order valence-corrected chi connectivity index (χ4v) is 2.86. The number of aromatic hydroxyl groups is 1. The van der Waals surface area contributed by atoms with Crippen molar-refractivity contribution < 1.29 is 24.3 Å². The lowest BCUT2D eigenvalue weighted by molar-refractivity contribution is -0.394. The minimum Gasteiger partial charge on any atom is -0.508 e. The van der Waals surface area contributed by atoms with Crippen molar-refractivity contribution in [1.29, 1.82) is 0 Å². The van der Waals surface area contributed by atoms with E-state index in [-0.39, 0.29) is 30.0 Å². The van der Waals surface area contributed by atoms with Crippen LogP contribution in [0.2, 0.25) is 0 Å². The van der Waals surface area contributed by atoms with Crippen molar-refractivity contribution >= 4 is 11.9 Å². The molecule has 2 atom stereocenters. The van der Waals surface area contributed by atoms with Gasteiger partial charge in [0.15, 0.2) is 6.10 Å². The van der Waals surface area contributed by atoms with Crippen molar-refractivity contribution in [1.82, 2.24) is 25.6 Å². The second kappa shape index (κ2) is 6.48. The highest BCUT2D eigenvalue weighted by atomic mass is 16.7. The van der Waals surface area contributed by atoms with E-state index in [4.69, 9.17) is 9.47 Å². The summed E-state index contributed by atoms with van der Waals surface area (Å²) in [6, 6.07) is 5.49. The molecule has 12 heteroatoms. The number of nitrogens with zero attached hydrogens (tertiary/aromatic N) is 4. The van der Waals surface area contributed by atoms with E-state index < -0.39 is 22.8 Å². The van der Waals surface area contributed by atoms with Gasteiger partial charge >= 0.3 is 11.9 Å². The van der Waals surface area contributed by atoms with Gasteiger partial charge in [-0.25, -0.2) is 0 Å². The lowest BCUT2D eigenvalue weighted by Gasteiger charge is -2.25. The van der Waals surface area contributed by atoms with Crippen molar-refractivity contribution in [3.8, 4) is 5.75 Å². The molecule has 3 N–H and O–H groups in total. The molecule has 0 saturated carbocycles. The van der Waals surface area contributed by atoms with Crippen LogP contribution in [-0.4, -0.2) is 43.4 Å². The third kappa shape index (κ3) is 3.19. The van der Waals surface area contributed by atoms with Crippen molar-refractivity contribution in [2.45, 2.75) is 18.6 Å². The van der Waals surface area contributed by atoms with Gasteiger partial charge in [-0.1, -0.05) is 11.1 Å². The number of allylic oxidation sites excluding steroid dienone is 1. The number of hydrogen-bond donors (Lipinski definition) is 3. The number of nitrogens with one attached hydrogen (secondary N) is 2. The minimum atomic E-state index is -0.679. The first-order chi connectivity index (χ1) is 13.0. The molecule has 4 rings (SSSR count). The van der Waals surface area contributed by atoms with E-state index in [1.807, 2.05) is 0 Å². The molecular weight excluding hydrogens is 360 g/mol. The summed E-state index contributed by atoms with van der Waals surface area (Å²) in [6.07, 6.45) is 1.23. The number of fused-ring (bicyclic) bond motifs is 2. The number of amides is 1. The predicted molar refractivity (Wildman–Crippen MR) is 86.9 cm³/mol. The highest BCUT2D eigenvalue weighted by molar-refractivity contribution is 5.94. The molecule has 0 unspecified atom stereocenters. The molecule has 0 radical (unpaired) electrons. The van der Waals surface area contributed by atoms with E-state index in [1.54, 1.807) is 12.1 Å². The molecule has 12 nitrogen and oxygen atoms in total. The number of hydrazine groups is 1. The monoisotopic (exact) mass is 374 g/mol. The normalized spacial score (nSPS) is 20.6. The first-order valence-corrected chi connectivity index (χ1v) is 7.95. The SMILES string of the molecule is O=C(NNC1=C2OC[C@H](O2)[C@@H](n2cnc([N+](=O)[O-])n2)C1)c1cccc(O)c1. The summed E-state index contributed by atoms with van der Waals surface area (Å²) in [5.74, 6) is -0.745. The molecule has 1 aromatic carbocycles. The van der Waals surface area contributed by atoms with Crippen LogP contribution in [0.25, 0.3) is 0 Å². The number of nitro groups is 1. The average molecular weight is 374 g/mol. The lowest BCUT2D eigenvalue weighted by atomic mass is 10.1. The van der Waals surface area contributed by atoms with Crippen LogP contribution in [0, 0.1) is 10.1 Å². The van der Waals surface area contributed by atoms with E-state index >= 15 is 0 Å². The van der Waals surface area contributed by atoms with Crippen LogP contribution >= 0.6 is 0 Å². The van der Waals surface area contributed by atoms with Crippen LogP contribution in [0.5, 0.6) is 5.75 Å². The van der Waals surface area contributed by atoms with Gasteiger partial charge in [0.2, 0.25) is 6.33 Å². The lowest BCUT2D eigenvalue weighted by Crippen LogP contribution is -2.40. The van der Waals surface area contributed by atoms with E-state index in [1.165, 1.54) is 23.1 Å². The Kier molecular flexibility index (Phi) is 3.99. The van der Waals surface area contributed by atoms with E-state index in [9.17, 15) is 20.0 Å². The molecule has 3 heterocycles. The molecular formula is C15H14N6O6. The molecule has 0 aliphatic carbocycles. The van der Waals surface area contributed by atoms with Crippen molar-refractivity contribution in [2.24, 2.45) is 0 Å². The Morgan fingerprint density at radius 1 is 1.44 bits per heavy atom. The third-order valence-corrected chi connectivity index (χ3v) is 4.16. The quantitative estimate of drug-likeness (QED) is 0.497. The van der Waals surface area contributed by atoms with Crippen LogP contribution < -0.4 is 10.9 Å². The first-order valence-electron chi connectivity index (χ1n) is 7.95. The molecule has 1 saturated heterocycles. The number of phenols is 1. The van der Waals surface area contributed by atoms with Gasteiger partial charge in [-0.3, -0.25) is 15.6 Å². The molecule has 1 fully saturated rings. The number of benzene rings is 1. The minimum absolute atomic E-state index is 0.0273. The fourth-order valence-electron chi connectivity index (χ4n) is 2.86. The number of rotatable bonds is 5. The van der Waals surface area contributed by atoms with Crippen LogP contribution in [-0.2, 0) is 9.47 Å². The number of phenolic OH excluding ortho intramolecular Hbond substituents is 1. The maximum atomic E-state index is 12.2. The summed E-state index contributed by atoms with van der Waals surface area (Å²) in [4.78, 5) is 25.9. The van der Waals surface area contributed by atoms with E-state index in [2.05, 4.69) is 20.9 Å². The van der Waals surface area contributed by atoms with Gasteiger partial charge in [0.25, 0.3) is 5.91 Å². The van der Waals surface area contributed by atoms with Crippen LogP contribution in [0.1, 0.15) is 22.8 Å². The van der Waals surface area contributed by atoms with Crippen LogP contribution in [0.3, 0.4) is 0 Å². The summed E-state index contributed by atoms with van der Waals surface area (Å²) in [5.41, 5.74) is 5.97. The zero-order chi connectivity index (χ0) is 19.0. The van der Waals surface area contributed by atoms with Crippen molar-refractivity contribution in [3.63, 3.8) is 0 Å². The number of ether oxygens (including phenoxy) is 2. The van der Waals surface area contributed by atoms with Gasteiger partial charge in [-0.05, 0) is 23.1 Å². The van der Waals surface area contributed by atoms with Gasteiger partial charge in [0.1, 0.15) is 24.1 Å². The Balaban J connectivity index is 1.47. The summed E-state index contributed by atoms with van der Waals surface area (Å²) < 4.78 is 12.5. The topological polar surface area (TPSA) is 154 Å². The number of carbonyl (C=O) groups excluding carboxylic acids is 1. The highest BCUT2D eigenvalue weighted by Gasteiger charge is 2.42. The van der Waals surface area contributed by atoms with Gasteiger partial charge in [-0.15, -0.1) is 0 Å². The number of aromatic nitrogens is 3. The fraction of sp³-hybridized carbons (Fsp3) is 0.267. The van der Waals surface area contributed by atoms with E-state index in [0.717, 1.165) is 0 Å². The maximum Gasteiger partial charge on any atom is 0.490 e. The molecule has 2 bridgehead atoms. The van der Waals surface area contributed by atoms with Gasteiger partial charge < -0.3 is 24.7 Å². The second-order valence-corrected chi connectivity index (χ2v) is 5.92. The molecule has 2 aromatic rings. The molecule has 1 amide bonds. The molecule has 1 aromatic heterocycles. The first kappa shape index (κ1) is 16.6. The van der Waals surface area contributed by atoms with E-state index in [0.29, 0.717) is 12.1 Å². The largest absolute Gasteiger partial charge is 0.508 e. The Morgan fingerprint density at radius 3 is 3.04 bits per heavy atom. The maximum absolute atomic E-state index is 12.2. The van der Waals surface area contributed by atoms with Gasteiger partial charge in [0.05, 0.1) is 0 Å². The van der Waals surface area contributed by atoms with Crippen LogP contribution in [0.15, 0.2) is 42.2 Å². The highest BCUT2D eigenvalue weighted by Crippen LogP contribution is 2.36. The predicted octanol–water partition coefficient (Wildman–Crippen LogP) is 0.356. The number of hydrogen-bond acceptors (Lipinski definition) is 9. The Labute approximate surface area is 151 Å². The summed E-state index contributed by atoms with van der Waals surface area (Å²) in [7, 11) is 0. The number of carbonyl (C=O) groups is 1. The Morgan fingerprint density at radius 2 is 2.30 bits per heavy atom. The molecule has 27 heavy (non-hydrogen) atoms. The van der Waals surface area contributed by atoms with Gasteiger partial charge in [0, 0.05) is 17.1 Å². The Bertz CT molecular complexity index is 940. The standard InChI is InChI=1S/C15H14N6O6/c22-9-3-1-2-8(4-9)13(23)18-17-10-5-11(12-6-26-14(10)27-12)20-7-16-15(19-20)21(24)25/h1-4,7,11-12,17,22H,5-6H2,(H,18,23)/t11-,12-/m0/s1. The zero-order valence-corrected chi connectivity index (χ0v) is 13.7. The molecule has 2 aliphatic rings. The summed E-state index contributed by atoms with van der Waals surface area (Å²) in [5, 5.41) is 24.1. The summed E-state index contributed by atoms with van der Waals surface area (Å²) >= 11 is 0. The van der Waals surface area contributed by atoms with Crippen LogP contribution in [0.4, 0.5) is 5.95 Å². The summed E-state index contributed by atoms with van der Waals surface area (Å²) in [6.45, 7) is 0.249. The Hall–Kier alpha value is -3.83. The smallest absolute Gasteiger partial charge is 0.490 e. The third-order valence-electron chi connectivity index (χ3n) is 4.16. The molecule has 0 spiro atoms. The van der Waals surface area contributed by atoms with Crippen molar-refractivity contribution in [3.05, 3.63) is 57.9 Å². The zero-order valence-electron chi connectivity index (χ0n) is 13.7.